The highest BCUT2D eigenvalue weighted by molar-refractivity contribution is 6.39. The average molecular weight is 484 g/mol. The molecule has 9 nitrogen and oxygen atoms in total. The van der Waals surface area contributed by atoms with Crippen molar-refractivity contribution in [2.75, 3.05) is 10.6 Å². The van der Waals surface area contributed by atoms with E-state index in [1.807, 2.05) is 0 Å². The van der Waals surface area contributed by atoms with Crippen LogP contribution in [0.2, 0.25) is 10.0 Å². The lowest BCUT2D eigenvalue weighted by Gasteiger charge is -2.09. The number of halogens is 5. The number of pyridine rings is 3. The SMILES string of the molecule is O=C(Nc1cc(C(F)(F)F)ccn1)c1cc2nc(Nc3c(Cl)cncc3Cl)[nH]c2nc1O. The van der Waals surface area contributed by atoms with Gasteiger partial charge in [-0.3, -0.25) is 9.78 Å². The molecule has 4 rings (SSSR count). The summed E-state index contributed by atoms with van der Waals surface area (Å²) in [5, 5.41) is 15.6. The highest BCUT2D eigenvalue weighted by Crippen LogP contribution is 2.32. The van der Waals surface area contributed by atoms with Crippen molar-refractivity contribution in [1.82, 2.24) is 24.9 Å². The summed E-state index contributed by atoms with van der Waals surface area (Å²) in [6.45, 7) is 0. The number of carbonyl (C=O) groups excluding carboxylic acids is 1. The van der Waals surface area contributed by atoms with Crippen LogP contribution in [0.3, 0.4) is 0 Å². The number of nitrogens with one attached hydrogen (secondary N) is 3. The molecule has 32 heavy (non-hydrogen) atoms. The Bertz CT molecular complexity index is 1320. The molecular formula is C18H10Cl2F3N7O2. The number of H-pyrrole nitrogens is 1. The average Bonchev–Trinajstić information content (AvgIpc) is 3.11. The van der Waals surface area contributed by atoms with Crippen LogP contribution in [-0.4, -0.2) is 35.9 Å². The van der Waals surface area contributed by atoms with Gasteiger partial charge in [0, 0.05) is 18.6 Å². The summed E-state index contributed by atoms with van der Waals surface area (Å²) in [6, 6.07) is 2.64. The molecule has 4 aromatic heterocycles. The van der Waals surface area contributed by atoms with Gasteiger partial charge in [0.15, 0.2) is 5.65 Å². The van der Waals surface area contributed by atoms with Crippen molar-refractivity contribution in [2.45, 2.75) is 6.18 Å². The lowest BCUT2D eigenvalue weighted by atomic mass is 10.2. The zero-order valence-corrected chi connectivity index (χ0v) is 17.0. The van der Waals surface area contributed by atoms with Crippen molar-refractivity contribution in [3.8, 4) is 5.88 Å². The number of carbonyl (C=O) groups is 1. The van der Waals surface area contributed by atoms with Crippen LogP contribution in [0.5, 0.6) is 5.88 Å². The number of fused-ring (bicyclic) bond motifs is 1. The van der Waals surface area contributed by atoms with Crippen LogP contribution in [-0.2, 0) is 6.18 Å². The quantitative estimate of drug-likeness (QED) is 0.328. The van der Waals surface area contributed by atoms with Gasteiger partial charge in [-0.05, 0) is 18.2 Å². The van der Waals surface area contributed by atoms with Gasteiger partial charge in [0.2, 0.25) is 11.8 Å². The second-order valence-electron chi connectivity index (χ2n) is 6.30. The van der Waals surface area contributed by atoms with E-state index in [4.69, 9.17) is 23.2 Å². The molecule has 0 bridgehead atoms. The minimum absolute atomic E-state index is 0.125. The molecule has 4 heterocycles. The maximum absolute atomic E-state index is 12.8. The van der Waals surface area contributed by atoms with Crippen molar-refractivity contribution < 1.29 is 23.1 Å². The van der Waals surface area contributed by atoms with E-state index < -0.39 is 23.5 Å². The fourth-order valence-corrected chi connectivity index (χ4v) is 3.12. The molecule has 0 aliphatic carbocycles. The summed E-state index contributed by atoms with van der Waals surface area (Å²) in [5.74, 6) is -1.80. The topological polar surface area (TPSA) is 129 Å². The molecule has 14 heteroatoms. The number of alkyl halides is 3. The predicted molar refractivity (Wildman–Crippen MR) is 110 cm³/mol. The summed E-state index contributed by atoms with van der Waals surface area (Å²) >= 11 is 12.1. The normalized spacial score (nSPS) is 11.5. The number of hydrogen-bond donors (Lipinski definition) is 4. The first-order chi connectivity index (χ1) is 15.1. The fraction of sp³-hybridized carbons (Fsp3) is 0.0556. The first-order valence-electron chi connectivity index (χ1n) is 8.62. The summed E-state index contributed by atoms with van der Waals surface area (Å²) in [7, 11) is 0. The van der Waals surface area contributed by atoms with E-state index in [1.54, 1.807) is 0 Å². The molecule has 4 aromatic rings. The Hall–Kier alpha value is -3.64. The van der Waals surface area contributed by atoms with Crippen LogP contribution in [0.15, 0.2) is 36.8 Å². The van der Waals surface area contributed by atoms with Gasteiger partial charge in [0.25, 0.3) is 5.91 Å². The van der Waals surface area contributed by atoms with Gasteiger partial charge < -0.3 is 20.7 Å². The van der Waals surface area contributed by atoms with E-state index in [-0.39, 0.29) is 38.5 Å². The zero-order valence-electron chi connectivity index (χ0n) is 15.5. The molecule has 0 saturated heterocycles. The number of hydrogen-bond acceptors (Lipinski definition) is 7. The first-order valence-corrected chi connectivity index (χ1v) is 9.38. The number of nitrogens with zero attached hydrogens (tertiary/aromatic N) is 4. The Kier molecular flexibility index (Phi) is 5.48. The maximum Gasteiger partial charge on any atom is 0.416 e. The Labute approximate surface area is 186 Å². The molecule has 1 amide bonds. The standard InChI is InChI=1S/C18H10Cl2F3N7O2/c19-9-5-24-6-10(20)13(9)28-17-26-11-4-8(16(32)29-14(11)30-17)15(31)27-12-3-7(1-2-25-12)18(21,22)23/h1-6H,(H,25,27,31)(H3,24,26,28,29,30,32). The van der Waals surface area contributed by atoms with E-state index in [2.05, 4.69) is 35.6 Å². The van der Waals surface area contributed by atoms with Crippen LogP contribution < -0.4 is 10.6 Å². The van der Waals surface area contributed by atoms with Crippen molar-refractivity contribution in [2.24, 2.45) is 0 Å². The number of aromatic amines is 1. The molecule has 0 fully saturated rings. The molecule has 0 aromatic carbocycles. The zero-order chi connectivity index (χ0) is 23.0. The number of rotatable bonds is 4. The molecule has 0 aliphatic heterocycles. The number of aromatic hydroxyl groups is 1. The predicted octanol–water partition coefficient (Wildman–Crippen LogP) is 4.78. The summed E-state index contributed by atoms with van der Waals surface area (Å²) < 4.78 is 38.5. The van der Waals surface area contributed by atoms with Gasteiger partial charge in [-0.15, -0.1) is 0 Å². The van der Waals surface area contributed by atoms with Crippen LogP contribution in [0.1, 0.15) is 15.9 Å². The summed E-state index contributed by atoms with van der Waals surface area (Å²) in [4.78, 5) is 30.9. The Morgan fingerprint density at radius 1 is 1.12 bits per heavy atom. The third kappa shape index (κ3) is 4.36. The van der Waals surface area contributed by atoms with E-state index in [1.165, 1.54) is 18.5 Å². The first kappa shape index (κ1) is 21.6. The molecule has 164 valence electrons. The minimum Gasteiger partial charge on any atom is -0.493 e. The number of aromatic nitrogens is 5. The van der Waals surface area contributed by atoms with E-state index >= 15 is 0 Å². The highest BCUT2D eigenvalue weighted by Gasteiger charge is 2.31. The molecule has 0 aliphatic rings. The molecule has 0 atom stereocenters. The second-order valence-corrected chi connectivity index (χ2v) is 7.11. The summed E-state index contributed by atoms with van der Waals surface area (Å²) in [6.07, 6.45) is -0.968. The molecule has 0 saturated carbocycles. The molecule has 0 unspecified atom stereocenters. The fourth-order valence-electron chi connectivity index (χ4n) is 2.67. The number of amides is 1. The second kappa shape index (κ2) is 8.13. The van der Waals surface area contributed by atoms with Gasteiger partial charge in [-0.25, -0.2) is 9.97 Å². The van der Waals surface area contributed by atoms with Crippen molar-refractivity contribution in [1.29, 1.82) is 0 Å². The third-order valence-corrected chi connectivity index (χ3v) is 4.69. The van der Waals surface area contributed by atoms with Gasteiger partial charge in [-0.2, -0.15) is 18.2 Å². The van der Waals surface area contributed by atoms with Crippen molar-refractivity contribution in [3.05, 3.63) is 58.0 Å². The van der Waals surface area contributed by atoms with Gasteiger partial charge >= 0.3 is 6.18 Å². The molecular weight excluding hydrogens is 474 g/mol. The van der Waals surface area contributed by atoms with Gasteiger partial charge in [0.1, 0.15) is 16.9 Å². The van der Waals surface area contributed by atoms with Gasteiger partial charge in [0.05, 0.1) is 21.3 Å². The van der Waals surface area contributed by atoms with Crippen LogP contribution in [0.4, 0.5) is 30.6 Å². The lowest BCUT2D eigenvalue weighted by molar-refractivity contribution is -0.137. The van der Waals surface area contributed by atoms with E-state index in [0.29, 0.717) is 11.8 Å². The molecule has 0 radical (unpaired) electrons. The maximum atomic E-state index is 12.8. The number of anilines is 3. The van der Waals surface area contributed by atoms with Crippen LogP contribution in [0.25, 0.3) is 11.2 Å². The number of imidazole rings is 1. The third-order valence-electron chi connectivity index (χ3n) is 4.12. The smallest absolute Gasteiger partial charge is 0.416 e. The minimum atomic E-state index is -4.61. The van der Waals surface area contributed by atoms with Crippen LogP contribution in [0, 0.1) is 0 Å². The Balaban J connectivity index is 1.61. The molecule has 0 spiro atoms. The highest BCUT2D eigenvalue weighted by atomic mass is 35.5. The Morgan fingerprint density at radius 3 is 2.53 bits per heavy atom. The Morgan fingerprint density at radius 2 is 1.84 bits per heavy atom. The monoisotopic (exact) mass is 483 g/mol. The van der Waals surface area contributed by atoms with E-state index in [9.17, 15) is 23.1 Å². The van der Waals surface area contributed by atoms with Crippen molar-refractivity contribution >= 4 is 57.7 Å². The van der Waals surface area contributed by atoms with Gasteiger partial charge in [-0.1, -0.05) is 23.2 Å². The lowest BCUT2D eigenvalue weighted by Crippen LogP contribution is -2.15. The van der Waals surface area contributed by atoms with Crippen LogP contribution >= 0.6 is 23.2 Å². The largest absolute Gasteiger partial charge is 0.493 e. The summed E-state index contributed by atoms with van der Waals surface area (Å²) in [5.41, 5.74) is -0.694. The van der Waals surface area contributed by atoms with Crippen molar-refractivity contribution in [3.63, 3.8) is 0 Å². The molecule has 4 N–H and O–H groups in total. The van der Waals surface area contributed by atoms with E-state index in [0.717, 1.165) is 12.3 Å².